The zero-order valence-electron chi connectivity index (χ0n) is 13.5. The molecule has 0 saturated heterocycles. The van der Waals surface area contributed by atoms with E-state index in [4.69, 9.17) is 4.74 Å². The molecule has 8 heteroatoms. The fourth-order valence-electron chi connectivity index (χ4n) is 2.05. The third-order valence-electron chi connectivity index (χ3n) is 3.29. The summed E-state index contributed by atoms with van der Waals surface area (Å²) in [7, 11) is 1.66. The minimum Gasteiger partial charge on any atom is -0.508 e. The first-order valence-corrected chi connectivity index (χ1v) is 8.48. The van der Waals surface area contributed by atoms with E-state index in [-0.39, 0.29) is 5.75 Å². The molecule has 0 fully saturated rings. The monoisotopic (exact) mass is 355 g/mol. The molecular formula is C17H17N5O2S. The van der Waals surface area contributed by atoms with Gasteiger partial charge in [-0.3, -0.25) is 0 Å². The smallest absolute Gasteiger partial charge is 0.240 e. The minimum atomic E-state index is 0.219. The molecule has 25 heavy (non-hydrogen) atoms. The standard InChI is InChI=1S/C17H17N5O2S/c1-24-15-5-3-2-4-13(15)11-25-17-19-16(21-22-17)20-18-10-12-6-8-14(23)9-7-12/h2-10,23H,11H2,1H3,(H2,19,20,21,22)/b18-10-. The van der Waals surface area contributed by atoms with E-state index in [1.165, 1.54) is 11.8 Å². The molecule has 7 nitrogen and oxygen atoms in total. The number of nitrogens with one attached hydrogen (secondary N) is 2. The molecule has 3 aromatic rings. The van der Waals surface area contributed by atoms with Gasteiger partial charge in [0.1, 0.15) is 11.5 Å². The number of aromatic nitrogens is 3. The number of phenols is 1. The summed E-state index contributed by atoms with van der Waals surface area (Å²) in [4.78, 5) is 4.32. The van der Waals surface area contributed by atoms with Crippen LogP contribution in [-0.2, 0) is 5.75 Å². The molecule has 0 atom stereocenters. The third-order valence-corrected chi connectivity index (χ3v) is 4.19. The molecule has 1 aromatic heterocycles. The summed E-state index contributed by atoms with van der Waals surface area (Å²) in [6.07, 6.45) is 1.63. The number of hydrazone groups is 1. The molecule has 0 spiro atoms. The summed E-state index contributed by atoms with van der Waals surface area (Å²) < 4.78 is 5.33. The lowest BCUT2D eigenvalue weighted by atomic mass is 10.2. The van der Waals surface area contributed by atoms with Crippen LogP contribution < -0.4 is 10.2 Å². The maximum Gasteiger partial charge on any atom is 0.240 e. The molecular weight excluding hydrogens is 338 g/mol. The number of phenolic OH excluding ortho intramolecular Hbond substituents is 1. The van der Waals surface area contributed by atoms with Gasteiger partial charge in [0.25, 0.3) is 0 Å². The van der Waals surface area contributed by atoms with Crippen molar-refractivity contribution in [3.8, 4) is 11.5 Å². The van der Waals surface area contributed by atoms with E-state index in [2.05, 4.69) is 25.7 Å². The van der Waals surface area contributed by atoms with E-state index >= 15 is 0 Å². The average Bonchev–Trinajstić information content (AvgIpc) is 3.09. The van der Waals surface area contributed by atoms with Gasteiger partial charge in [0.15, 0.2) is 0 Å². The predicted molar refractivity (Wildman–Crippen MR) is 98.3 cm³/mol. The first-order chi connectivity index (χ1) is 12.2. The van der Waals surface area contributed by atoms with E-state index in [1.807, 2.05) is 24.3 Å². The average molecular weight is 355 g/mol. The van der Waals surface area contributed by atoms with Crippen LogP contribution in [0.1, 0.15) is 11.1 Å². The van der Waals surface area contributed by atoms with E-state index in [1.54, 1.807) is 37.6 Å². The van der Waals surface area contributed by atoms with Crippen molar-refractivity contribution in [2.75, 3.05) is 12.5 Å². The Morgan fingerprint density at radius 3 is 2.84 bits per heavy atom. The summed E-state index contributed by atoms with van der Waals surface area (Å²) in [6, 6.07) is 14.6. The molecule has 0 radical (unpaired) electrons. The second kappa shape index (κ2) is 8.20. The van der Waals surface area contributed by atoms with Gasteiger partial charge in [0, 0.05) is 11.3 Å². The number of nitrogens with zero attached hydrogens (tertiary/aromatic N) is 3. The molecule has 0 saturated carbocycles. The number of para-hydroxylation sites is 1. The van der Waals surface area contributed by atoms with Gasteiger partial charge in [0.05, 0.1) is 13.3 Å². The number of thioether (sulfide) groups is 1. The van der Waals surface area contributed by atoms with Crippen molar-refractivity contribution in [3.05, 3.63) is 59.7 Å². The van der Waals surface area contributed by atoms with Crippen LogP contribution in [0, 0.1) is 0 Å². The number of aromatic amines is 1. The first kappa shape index (κ1) is 16.8. The summed E-state index contributed by atoms with van der Waals surface area (Å²) in [5.74, 6) is 2.23. The Hall–Kier alpha value is -3.00. The normalized spacial score (nSPS) is 10.9. The second-order valence-electron chi connectivity index (χ2n) is 5.03. The number of hydrogen-bond donors (Lipinski definition) is 3. The molecule has 0 aliphatic heterocycles. The number of anilines is 1. The number of hydrogen-bond acceptors (Lipinski definition) is 7. The molecule has 0 aliphatic rings. The van der Waals surface area contributed by atoms with Gasteiger partial charge in [-0.15, -0.1) is 5.10 Å². The van der Waals surface area contributed by atoms with Crippen molar-refractivity contribution < 1.29 is 9.84 Å². The maximum atomic E-state index is 9.24. The van der Waals surface area contributed by atoms with Crippen molar-refractivity contribution in [2.24, 2.45) is 5.10 Å². The van der Waals surface area contributed by atoms with Crippen LogP contribution in [0.3, 0.4) is 0 Å². The number of aromatic hydroxyl groups is 1. The SMILES string of the molecule is COc1ccccc1CSc1n[nH]c(N/N=C\c2ccc(O)cc2)n1. The molecule has 0 unspecified atom stereocenters. The Morgan fingerprint density at radius 1 is 1.24 bits per heavy atom. The Balaban J connectivity index is 1.54. The van der Waals surface area contributed by atoms with Gasteiger partial charge in [-0.25, -0.2) is 10.5 Å². The lowest BCUT2D eigenvalue weighted by Crippen LogP contribution is -1.92. The summed E-state index contributed by atoms with van der Waals surface area (Å²) >= 11 is 1.50. The fourth-order valence-corrected chi connectivity index (χ4v) is 2.84. The highest BCUT2D eigenvalue weighted by Gasteiger charge is 2.06. The Kier molecular flexibility index (Phi) is 5.53. The van der Waals surface area contributed by atoms with E-state index < -0.39 is 0 Å². The van der Waals surface area contributed by atoms with Gasteiger partial charge < -0.3 is 9.84 Å². The van der Waals surface area contributed by atoms with Crippen LogP contribution in [0.25, 0.3) is 0 Å². The largest absolute Gasteiger partial charge is 0.508 e. The van der Waals surface area contributed by atoms with E-state index in [0.717, 1.165) is 16.9 Å². The summed E-state index contributed by atoms with van der Waals surface area (Å²) in [6.45, 7) is 0. The first-order valence-electron chi connectivity index (χ1n) is 7.50. The molecule has 0 aliphatic carbocycles. The van der Waals surface area contributed by atoms with Gasteiger partial charge in [0.2, 0.25) is 11.1 Å². The summed E-state index contributed by atoms with van der Waals surface area (Å²) in [5.41, 5.74) is 4.73. The highest BCUT2D eigenvalue weighted by atomic mass is 32.2. The lowest BCUT2D eigenvalue weighted by molar-refractivity contribution is 0.411. The fraction of sp³-hybridized carbons (Fsp3) is 0.118. The lowest BCUT2D eigenvalue weighted by Gasteiger charge is -2.05. The van der Waals surface area contributed by atoms with Crippen molar-refractivity contribution in [1.29, 1.82) is 0 Å². The number of ether oxygens (including phenoxy) is 1. The minimum absolute atomic E-state index is 0.219. The molecule has 1 heterocycles. The van der Waals surface area contributed by atoms with Crippen LogP contribution in [-0.4, -0.2) is 33.6 Å². The van der Waals surface area contributed by atoms with Crippen LogP contribution >= 0.6 is 11.8 Å². The number of methoxy groups -OCH3 is 1. The Bertz CT molecular complexity index is 848. The molecule has 128 valence electrons. The van der Waals surface area contributed by atoms with Gasteiger partial charge in [-0.1, -0.05) is 30.0 Å². The molecule has 3 N–H and O–H groups in total. The summed E-state index contributed by atoms with van der Waals surface area (Å²) in [5, 5.41) is 20.9. The Morgan fingerprint density at radius 2 is 2.04 bits per heavy atom. The number of H-pyrrole nitrogens is 1. The Labute approximate surface area is 149 Å². The second-order valence-corrected chi connectivity index (χ2v) is 5.97. The predicted octanol–water partition coefficient (Wildman–Crippen LogP) is 3.26. The number of rotatable bonds is 7. The van der Waals surface area contributed by atoms with Crippen molar-refractivity contribution in [3.63, 3.8) is 0 Å². The van der Waals surface area contributed by atoms with Crippen molar-refractivity contribution in [2.45, 2.75) is 10.9 Å². The third kappa shape index (κ3) is 4.74. The van der Waals surface area contributed by atoms with E-state index in [0.29, 0.717) is 16.9 Å². The van der Waals surface area contributed by atoms with Crippen LogP contribution in [0.15, 0.2) is 58.8 Å². The van der Waals surface area contributed by atoms with Gasteiger partial charge >= 0.3 is 0 Å². The van der Waals surface area contributed by atoms with Crippen LogP contribution in [0.2, 0.25) is 0 Å². The molecule has 0 amide bonds. The zero-order valence-corrected chi connectivity index (χ0v) is 14.3. The van der Waals surface area contributed by atoms with Gasteiger partial charge in [-0.2, -0.15) is 10.1 Å². The van der Waals surface area contributed by atoms with Gasteiger partial charge in [-0.05, 0) is 35.9 Å². The van der Waals surface area contributed by atoms with E-state index in [9.17, 15) is 5.11 Å². The molecule has 2 aromatic carbocycles. The van der Waals surface area contributed by atoms with Crippen molar-refractivity contribution in [1.82, 2.24) is 15.2 Å². The highest BCUT2D eigenvalue weighted by Crippen LogP contribution is 2.26. The van der Waals surface area contributed by atoms with Crippen LogP contribution in [0.4, 0.5) is 5.95 Å². The van der Waals surface area contributed by atoms with Crippen LogP contribution in [0.5, 0.6) is 11.5 Å². The molecule has 3 rings (SSSR count). The molecule has 0 bridgehead atoms. The van der Waals surface area contributed by atoms with Crippen molar-refractivity contribution >= 4 is 23.9 Å². The highest BCUT2D eigenvalue weighted by molar-refractivity contribution is 7.98. The quantitative estimate of drug-likeness (QED) is 0.342. The number of benzene rings is 2. The zero-order chi connectivity index (χ0) is 17.5. The topological polar surface area (TPSA) is 95.4 Å². The maximum absolute atomic E-state index is 9.24.